The Hall–Kier alpha value is 2.39. The van der Waals surface area contributed by atoms with Crippen LogP contribution < -0.4 is 0 Å². The van der Waals surface area contributed by atoms with E-state index in [1.165, 1.54) is 59.9 Å². The van der Waals surface area contributed by atoms with E-state index in [9.17, 15) is 0 Å². The van der Waals surface area contributed by atoms with Gasteiger partial charge in [0.05, 0.1) is 0 Å². The molecule has 0 atom stereocenters. The van der Waals surface area contributed by atoms with Crippen LogP contribution in [0.15, 0.2) is 0 Å². The Morgan fingerprint density at radius 1 is 0.455 bits per heavy atom. The van der Waals surface area contributed by atoms with Gasteiger partial charge in [-0.2, -0.15) is 0 Å². The summed E-state index contributed by atoms with van der Waals surface area (Å²) in [6, 6.07) is 0. The molecule has 0 aliphatic heterocycles. The van der Waals surface area contributed by atoms with Gasteiger partial charge in [0.15, 0.2) is 0 Å². The minimum absolute atomic E-state index is 1.03. The molecule has 24 radical (unpaired) electrons. The minimum Gasteiger partial charge on any atom is 0 e. The summed E-state index contributed by atoms with van der Waals surface area (Å²) in [5.74, 6) is 0. The summed E-state index contributed by atoms with van der Waals surface area (Å²) < 4.78 is 0. The Morgan fingerprint density at radius 2 is 0.727 bits per heavy atom. The summed E-state index contributed by atoms with van der Waals surface area (Å²) in [5.41, 5.74) is 0. The molecule has 0 bridgehead atoms. The summed E-state index contributed by atoms with van der Waals surface area (Å²) in [5, 5.41) is 0. The third-order valence-electron chi connectivity index (χ3n) is 0.500. The van der Waals surface area contributed by atoms with Crippen molar-refractivity contribution < 1.29 is 0 Å². The highest BCUT2D eigenvalue weighted by molar-refractivity contribution is 7.69. The van der Waals surface area contributed by atoms with Crippen LogP contribution in [0.1, 0.15) is 0 Å². The van der Waals surface area contributed by atoms with Crippen molar-refractivity contribution >= 4 is 96.5 Å². The Kier molecular flexibility index (Phi) is 15.1. The molecule has 0 saturated carbocycles. The fourth-order valence-electron chi connectivity index (χ4n) is 0.219. The van der Waals surface area contributed by atoms with Crippen molar-refractivity contribution in [2.75, 3.05) is 0 Å². The summed E-state index contributed by atoms with van der Waals surface area (Å²) in [7, 11) is 18.1. The largest absolute Gasteiger partial charge is 0 e. The smallest absolute Gasteiger partial charge is 0 e. The SMILES string of the molecule is [Si][Si][Si][Si][Si][Si][Si][Si][Si][Si][Si]. The molecule has 0 aromatic carbocycles. The highest BCUT2D eigenvalue weighted by Crippen LogP contribution is 1.56. The first kappa shape index (κ1) is 13.4. The lowest BCUT2D eigenvalue weighted by Crippen LogP contribution is -2.31. The highest BCUT2D eigenvalue weighted by Gasteiger charge is 1.94. The van der Waals surface area contributed by atoms with E-state index >= 15 is 0 Å². The third-order valence-corrected chi connectivity index (χ3v) is 40.5. The summed E-state index contributed by atoms with van der Waals surface area (Å²) in [4.78, 5) is 0. The molecule has 0 aliphatic carbocycles. The quantitative estimate of drug-likeness (QED) is 0.315. The molecule has 0 aliphatic rings. The molecule has 0 heterocycles. The van der Waals surface area contributed by atoms with Gasteiger partial charge >= 0.3 is 0 Å². The normalized spacial score (nSPS) is 10.4. The van der Waals surface area contributed by atoms with Crippen LogP contribution >= 0.6 is 0 Å². The van der Waals surface area contributed by atoms with Gasteiger partial charge in [0.1, 0.15) is 0 Å². The topological polar surface area (TPSA) is 0 Å². The standard InChI is InChI=1S/Si11/c1-3-5-7-9-11-10-8-6-4-2. The molecule has 0 unspecified atom stereocenters. The molecule has 11 heteroatoms. The van der Waals surface area contributed by atoms with Crippen molar-refractivity contribution in [3.05, 3.63) is 0 Å². The van der Waals surface area contributed by atoms with Crippen molar-refractivity contribution in [2.24, 2.45) is 0 Å². The van der Waals surface area contributed by atoms with Gasteiger partial charge in [0.25, 0.3) is 0 Å². The molecular weight excluding hydrogens is 309 g/mol. The van der Waals surface area contributed by atoms with Crippen LogP contribution in [0.5, 0.6) is 0 Å². The van der Waals surface area contributed by atoms with Crippen LogP contribution in [0, 0.1) is 0 Å². The zero-order chi connectivity index (χ0) is 8.36. The maximum atomic E-state index is 3.54. The number of hydrogen-bond donors (Lipinski definition) is 0. The van der Waals surface area contributed by atoms with E-state index in [-0.39, 0.29) is 0 Å². The van der Waals surface area contributed by atoms with Crippen LogP contribution in [0.25, 0.3) is 0 Å². The van der Waals surface area contributed by atoms with Gasteiger partial charge in [-0.05, 0) is 0 Å². The molecule has 0 saturated heterocycles. The molecule has 0 nitrogen and oxygen atoms in total. The average Bonchev–Trinajstić information content (AvgIpc) is 2.03. The average molecular weight is 309 g/mol. The Labute approximate surface area is 95.8 Å². The predicted octanol–water partition coefficient (Wildman–Crippen LogP) is -4.19. The van der Waals surface area contributed by atoms with Crippen molar-refractivity contribution in [1.29, 1.82) is 0 Å². The molecule has 0 amide bonds. The van der Waals surface area contributed by atoms with Crippen LogP contribution in [-0.4, -0.2) is 96.5 Å². The Morgan fingerprint density at radius 3 is 1.00 bits per heavy atom. The maximum absolute atomic E-state index is 3.54. The van der Waals surface area contributed by atoms with Crippen molar-refractivity contribution in [1.82, 2.24) is 0 Å². The number of rotatable bonds is 8. The van der Waals surface area contributed by atoms with E-state index in [4.69, 9.17) is 0 Å². The Balaban J connectivity index is 2.69. The molecule has 0 fully saturated rings. The van der Waals surface area contributed by atoms with Gasteiger partial charge in [0, 0.05) is 96.5 Å². The van der Waals surface area contributed by atoms with Crippen LogP contribution in [0.4, 0.5) is 0 Å². The van der Waals surface area contributed by atoms with Crippen molar-refractivity contribution in [3.63, 3.8) is 0 Å². The summed E-state index contributed by atoms with van der Waals surface area (Å²) >= 11 is 0. The second-order valence-electron chi connectivity index (χ2n) is 1.12. The first-order chi connectivity index (χ1) is 5.41. The van der Waals surface area contributed by atoms with Crippen LogP contribution in [-0.2, 0) is 0 Å². The zero-order valence-electron chi connectivity index (χ0n) is 5.50. The predicted molar refractivity (Wildman–Crippen MR) is 63.3 cm³/mol. The minimum atomic E-state index is 1.03. The van der Waals surface area contributed by atoms with Gasteiger partial charge in [-0.3, -0.25) is 0 Å². The van der Waals surface area contributed by atoms with Crippen LogP contribution in [0.3, 0.4) is 0 Å². The molecular formula is Si11. The molecule has 0 aromatic heterocycles. The van der Waals surface area contributed by atoms with Crippen molar-refractivity contribution in [3.8, 4) is 0 Å². The lowest BCUT2D eigenvalue weighted by atomic mass is 26.2. The zero-order valence-corrected chi connectivity index (χ0v) is 16.5. The molecule has 44 valence electrons. The first-order valence-electron chi connectivity index (χ1n) is 2.50. The monoisotopic (exact) mass is 308 g/mol. The van der Waals surface area contributed by atoms with E-state index in [2.05, 4.69) is 19.5 Å². The molecule has 0 aromatic rings. The van der Waals surface area contributed by atoms with Gasteiger partial charge in [-0.25, -0.2) is 0 Å². The van der Waals surface area contributed by atoms with E-state index in [0.29, 0.717) is 0 Å². The lowest BCUT2D eigenvalue weighted by molar-refractivity contribution is 3.82. The fraction of sp³-hybridized carbons (Fsp3) is 0. The number of hydrogen-bond acceptors (Lipinski definition) is 0. The third kappa shape index (κ3) is 12.4. The van der Waals surface area contributed by atoms with Gasteiger partial charge < -0.3 is 0 Å². The fourth-order valence-corrected chi connectivity index (χ4v) is 53.2. The van der Waals surface area contributed by atoms with E-state index < -0.39 is 0 Å². The van der Waals surface area contributed by atoms with Gasteiger partial charge in [-0.15, -0.1) is 0 Å². The van der Waals surface area contributed by atoms with Gasteiger partial charge in [-0.1, -0.05) is 0 Å². The van der Waals surface area contributed by atoms with E-state index in [0.717, 1.165) is 17.1 Å². The molecule has 0 rings (SSSR count). The van der Waals surface area contributed by atoms with Gasteiger partial charge in [0.2, 0.25) is 0 Å². The lowest BCUT2D eigenvalue weighted by Gasteiger charge is -1.93. The maximum Gasteiger partial charge on any atom is 0 e. The Bertz CT molecular complexity index is 49.1. The first-order valence-corrected chi connectivity index (χ1v) is 22.5. The molecule has 11 heavy (non-hydrogen) atoms. The summed E-state index contributed by atoms with van der Waals surface area (Å²) in [6.07, 6.45) is 0. The molecule has 0 N–H and O–H groups in total. The highest BCUT2D eigenvalue weighted by atomic mass is 30.0. The molecule has 0 spiro atoms. The van der Waals surface area contributed by atoms with E-state index in [1.54, 1.807) is 0 Å². The van der Waals surface area contributed by atoms with Crippen LogP contribution in [0.2, 0.25) is 0 Å². The van der Waals surface area contributed by atoms with Crippen molar-refractivity contribution in [2.45, 2.75) is 0 Å². The second kappa shape index (κ2) is 12.4. The second-order valence-corrected chi connectivity index (χ2v) is 30.4. The van der Waals surface area contributed by atoms with E-state index in [1.807, 2.05) is 0 Å². The summed E-state index contributed by atoms with van der Waals surface area (Å²) in [6.45, 7) is 0.